The molecule has 2 unspecified atom stereocenters. The van der Waals surface area contributed by atoms with E-state index in [9.17, 15) is 0 Å². The Morgan fingerprint density at radius 2 is 1.53 bits per heavy atom. The van der Waals surface area contributed by atoms with Gasteiger partial charge in [0.05, 0.1) is 0 Å². The van der Waals surface area contributed by atoms with Gasteiger partial charge in [0.2, 0.25) is 0 Å². The lowest BCUT2D eigenvalue weighted by Gasteiger charge is -2.48. The molecule has 2 atom stereocenters. The van der Waals surface area contributed by atoms with E-state index in [0.29, 0.717) is 5.54 Å². The van der Waals surface area contributed by atoms with Crippen LogP contribution in [-0.4, -0.2) is 30.1 Å². The molecule has 0 aromatic carbocycles. The molecule has 100 valence electrons. The van der Waals surface area contributed by atoms with Crippen LogP contribution in [0.25, 0.3) is 0 Å². The summed E-state index contributed by atoms with van der Waals surface area (Å²) in [4.78, 5) is 2.76. The average Bonchev–Trinajstić information content (AvgIpc) is 2.53. The Kier molecular flexibility index (Phi) is 4.48. The van der Waals surface area contributed by atoms with E-state index in [1.807, 2.05) is 0 Å². The molecule has 1 saturated carbocycles. The van der Waals surface area contributed by atoms with E-state index in [4.69, 9.17) is 5.73 Å². The molecule has 2 rings (SSSR count). The molecule has 0 aromatic heterocycles. The molecule has 2 fully saturated rings. The fourth-order valence-electron chi connectivity index (χ4n) is 4.09. The van der Waals surface area contributed by atoms with Gasteiger partial charge in [0, 0.05) is 25.2 Å². The third-order valence-corrected chi connectivity index (χ3v) is 4.95. The molecule has 1 saturated heterocycles. The highest BCUT2D eigenvalue weighted by molar-refractivity contribution is 4.95. The predicted molar refractivity (Wildman–Crippen MR) is 74.0 cm³/mol. The zero-order valence-electron chi connectivity index (χ0n) is 11.8. The zero-order chi connectivity index (χ0) is 12.3. The monoisotopic (exact) mass is 238 g/mol. The largest absolute Gasteiger partial charge is 0.329 e. The van der Waals surface area contributed by atoms with Gasteiger partial charge in [-0.05, 0) is 31.1 Å². The van der Waals surface area contributed by atoms with Crippen molar-refractivity contribution in [3.63, 3.8) is 0 Å². The summed E-state index contributed by atoms with van der Waals surface area (Å²) in [5.41, 5.74) is 6.53. The van der Waals surface area contributed by atoms with Crippen LogP contribution < -0.4 is 5.73 Å². The van der Waals surface area contributed by atoms with E-state index in [2.05, 4.69) is 18.7 Å². The van der Waals surface area contributed by atoms with Gasteiger partial charge in [-0.3, -0.25) is 4.90 Å². The number of hydrogen-bond donors (Lipinski definition) is 1. The molecule has 0 bridgehead atoms. The SMILES string of the molecule is CC1CC(C)CN(C2(CN)CCCCCC2)C1. The highest BCUT2D eigenvalue weighted by Crippen LogP contribution is 2.35. The number of nitrogens with zero attached hydrogens (tertiary/aromatic N) is 1. The Morgan fingerprint density at radius 3 is 2.00 bits per heavy atom. The first kappa shape index (κ1) is 13.4. The Bertz CT molecular complexity index is 221. The molecule has 1 aliphatic heterocycles. The smallest absolute Gasteiger partial charge is 0.0331 e. The van der Waals surface area contributed by atoms with Crippen molar-refractivity contribution in [2.24, 2.45) is 17.6 Å². The van der Waals surface area contributed by atoms with E-state index >= 15 is 0 Å². The highest BCUT2D eigenvalue weighted by Gasteiger charge is 2.38. The molecule has 1 aliphatic carbocycles. The summed E-state index contributed by atoms with van der Waals surface area (Å²) in [5, 5.41) is 0. The minimum atomic E-state index is 0.347. The van der Waals surface area contributed by atoms with Gasteiger partial charge in [0.15, 0.2) is 0 Å². The standard InChI is InChI=1S/C15H30N2/c1-13-9-14(2)11-17(10-13)15(12-16)7-5-3-4-6-8-15/h13-14H,3-12,16H2,1-2H3. The van der Waals surface area contributed by atoms with Gasteiger partial charge < -0.3 is 5.73 Å². The van der Waals surface area contributed by atoms with Gasteiger partial charge in [0.25, 0.3) is 0 Å². The normalized spacial score (nSPS) is 35.5. The van der Waals surface area contributed by atoms with Crippen molar-refractivity contribution < 1.29 is 0 Å². The molecule has 2 nitrogen and oxygen atoms in total. The highest BCUT2D eigenvalue weighted by atomic mass is 15.2. The molecular weight excluding hydrogens is 208 g/mol. The fourth-order valence-corrected chi connectivity index (χ4v) is 4.09. The molecule has 0 radical (unpaired) electrons. The van der Waals surface area contributed by atoms with E-state index in [-0.39, 0.29) is 0 Å². The van der Waals surface area contributed by atoms with E-state index < -0.39 is 0 Å². The molecule has 0 spiro atoms. The Morgan fingerprint density at radius 1 is 1.00 bits per heavy atom. The summed E-state index contributed by atoms with van der Waals surface area (Å²) < 4.78 is 0. The summed E-state index contributed by atoms with van der Waals surface area (Å²) in [7, 11) is 0. The molecule has 2 aliphatic rings. The maximum atomic E-state index is 6.19. The first-order valence-electron chi connectivity index (χ1n) is 7.61. The summed E-state index contributed by atoms with van der Waals surface area (Å²) in [5.74, 6) is 1.70. The van der Waals surface area contributed by atoms with Gasteiger partial charge in [-0.1, -0.05) is 39.5 Å². The van der Waals surface area contributed by atoms with Crippen LogP contribution in [0, 0.1) is 11.8 Å². The lowest BCUT2D eigenvalue weighted by molar-refractivity contribution is 0.0186. The second-order valence-electron chi connectivity index (χ2n) is 6.69. The van der Waals surface area contributed by atoms with E-state index in [0.717, 1.165) is 18.4 Å². The molecular formula is C15H30N2. The average molecular weight is 238 g/mol. The van der Waals surface area contributed by atoms with Crippen molar-refractivity contribution in [3.8, 4) is 0 Å². The zero-order valence-corrected chi connectivity index (χ0v) is 11.8. The van der Waals surface area contributed by atoms with Crippen LogP contribution in [0.3, 0.4) is 0 Å². The second-order valence-corrected chi connectivity index (χ2v) is 6.69. The van der Waals surface area contributed by atoms with Crippen molar-refractivity contribution in [1.82, 2.24) is 4.90 Å². The van der Waals surface area contributed by atoms with Crippen LogP contribution in [-0.2, 0) is 0 Å². The lowest BCUT2D eigenvalue weighted by Crippen LogP contribution is -2.57. The third-order valence-electron chi connectivity index (χ3n) is 4.95. The first-order valence-corrected chi connectivity index (χ1v) is 7.61. The fraction of sp³-hybridized carbons (Fsp3) is 1.00. The quantitative estimate of drug-likeness (QED) is 0.749. The van der Waals surface area contributed by atoms with Crippen LogP contribution in [0.5, 0.6) is 0 Å². The van der Waals surface area contributed by atoms with Gasteiger partial charge in [0.1, 0.15) is 0 Å². The van der Waals surface area contributed by atoms with Crippen molar-refractivity contribution in [2.75, 3.05) is 19.6 Å². The first-order chi connectivity index (χ1) is 8.16. The van der Waals surface area contributed by atoms with Gasteiger partial charge in [-0.2, -0.15) is 0 Å². The summed E-state index contributed by atoms with van der Waals surface area (Å²) in [6, 6.07) is 0. The van der Waals surface area contributed by atoms with Crippen molar-refractivity contribution in [3.05, 3.63) is 0 Å². The molecule has 2 heteroatoms. The van der Waals surface area contributed by atoms with E-state index in [1.165, 1.54) is 58.0 Å². The molecule has 17 heavy (non-hydrogen) atoms. The number of rotatable bonds is 2. The minimum Gasteiger partial charge on any atom is -0.329 e. The van der Waals surface area contributed by atoms with Gasteiger partial charge >= 0.3 is 0 Å². The van der Waals surface area contributed by atoms with Gasteiger partial charge in [-0.15, -0.1) is 0 Å². The number of piperidine rings is 1. The van der Waals surface area contributed by atoms with Crippen molar-refractivity contribution in [2.45, 2.75) is 64.3 Å². The summed E-state index contributed by atoms with van der Waals surface area (Å²) in [6.45, 7) is 8.24. The predicted octanol–water partition coefficient (Wildman–Crippen LogP) is 3.02. The van der Waals surface area contributed by atoms with Gasteiger partial charge in [-0.25, -0.2) is 0 Å². The van der Waals surface area contributed by atoms with Crippen molar-refractivity contribution in [1.29, 1.82) is 0 Å². The summed E-state index contributed by atoms with van der Waals surface area (Å²) >= 11 is 0. The minimum absolute atomic E-state index is 0.347. The van der Waals surface area contributed by atoms with Crippen LogP contribution >= 0.6 is 0 Å². The number of hydrogen-bond acceptors (Lipinski definition) is 2. The molecule has 0 aromatic rings. The van der Waals surface area contributed by atoms with Crippen LogP contribution in [0.2, 0.25) is 0 Å². The Labute approximate surface area is 107 Å². The van der Waals surface area contributed by atoms with Crippen LogP contribution in [0.1, 0.15) is 58.8 Å². The third kappa shape index (κ3) is 3.03. The Balaban J connectivity index is 2.09. The Hall–Kier alpha value is -0.0800. The molecule has 2 N–H and O–H groups in total. The van der Waals surface area contributed by atoms with Crippen molar-refractivity contribution >= 4 is 0 Å². The van der Waals surface area contributed by atoms with Crippen LogP contribution in [0.4, 0.5) is 0 Å². The second kappa shape index (κ2) is 5.71. The molecule has 0 amide bonds. The number of likely N-dealkylation sites (tertiary alicyclic amines) is 1. The topological polar surface area (TPSA) is 29.3 Å². The number of nitrogens with two attached hydrogens (primary N) is 1. The molecule has 1 heterocycles. The van der Waals surface area contributed by atoms with Crippen LogP contribution in [0.15, 0.2) is 0 Å². The van der Waals surface area contributed by atoms with E-state index in [1.54, 1.807) is 0 Å². The summed E-state index contributed by atoms with van der Waals surface area (Å²) in [6.07, 6.45) is 9.68. The maximum Gasteiger partial charge on any atom is 0.0331 e. The lowest BCUT2D eigenvalue weighted by atomic mass is 9.82. The maximum absolute atomic E-state index is 6.19.